The summed E-state index contributed by atoms with van der Waals surface area (Å²) in [6, 6.07) is 16.6. The van der Waals surface area contributed by atoms with E-state index in [-0.39, 0.29) is 25.0 Å². The van der Waals surface area contributed by atoms with Gasteiger partial charge in [0.2, 0.25) is 0 Å². The van der Waals surface area contributed by atoms with Crippen LogP contribution in [0, 0.1) is 0 Å². The third-order valence-electron chi connectivity index (χ3n) is 5.17. The molecule has 6 nitrogen and oxygen atoms in total. The number of ether oxygens (including phenoxy) is 2. The minimum Gasteiger partial charge on any atom is -0.478 e. The molecule has 1 amide bonds. The molecular weight excluding hydrogens is 416 g/mol. The maximum atomic E-state index is 13.1. The molecule has 1 fully saturated rings. The highest BCUT2D eigenvalue weighted by Gasteiger charge is 2.35. The summed E-state index contributed by atoms with van der Waals surface area (Å²) in [6.07, 6.45) is 0.786. The van der Waals surface area contributed by atoms with E-state index in [1.54, 1.807) is 38.1 Å². The lowest BCUT2D eigenvalue weighted by atomic mass is 10.1. The molecule has 0 saturated carbocycles. The van der Waals surface area contributed by atoms with Crippen molar-refractivity contribution in [3.05, 3.63) is 65.2 Å². The predicted molar refractivity (Wildman–Crippen MR) is 120 cm³/mol. The highest BCUT2D eigenvalue weighted by Crippen LogP contribution is 2.23. The van der Waals surface area contributed by atoms with E-state index in [1.807, 2.05) is 40.1 Å². The van der Waals surface area contributed by atoms with E-state index < -0.39 is 5.60 Å². The van der Waals surface area contributed by atoms with E-state index in [0.717, 1.165) is 18.5 Å². The minimum absolute atomic E-state index is 0.0732. The van der Waals surface area contributed by atoms with Crippen LogP contribution in [0.2, 0.25) is 5.02 Å². The van der Waals surface area contributed by atoms with Crippen molar-refractivity contribution in [3.8, 4) is 5.75 Å². The molecule has 166 valence electrons. The van der Waals surface area contributed by atoms with Gasteiger partial charge in [0.1, 0.15) is 12.4 Å². The fourth-order valence-electron chi connectivity index (χ4n) is 3.52. The lowest BCUT2D eigenvalue weighted by Crippen LogP contribution is -2.50. The van der Waals surface area contributed by atoms with Crippen molar-refractivity contribution in [2.75, 3.05) is 32.7 Å². The summed E-state index contributed by atoms with van der Waals surface area (Å²) in [5.41, 5.74) is -0.0381. The molecule has 7 heteroatoms. The van der Waals surface area contributed by atoms with E-state index in [0.29, 0.717) is 30.4 Å². The molecular formula is C24H29ClN2O4. The summed E-state index contributed by atoms with van der Waals surface area (Å²) in [5, 5.41) is 0.617. The second kappa shape index (κ2) is 10.6. The van der Waals surface area contributed by atoms with Gasteiger partial charge >= 0.3 is 5.97 Å². The molecule has 0 radical (unpaired) electrons. The Morgan fingerprint density at radius 2 is 1.68 bits per heavy atom. The zero-order valence-electron chi connectivity index (χ0n) is 18.1. The Morgan fingerprint density at radius 3 is 2.39 bits per heavy atom. The van der Waals surface area contributed by atoms with Gasteiger partial charge in [-0.3, -0.25) is 14.5 Å². The monoisotopic (exact) mass is 444 g/mol. The van der Waals surface area contributed by atoms with Gasteiger partial charge in [-0.15, -0.1) is 0 Å². The van der Waals surface area contributed by atoms with Crippen molar-refractivity contribution >= 4 is 23.5 Å². The first-order chi connectivity index (χ1) is 14.8. The molecule has 0 spiro atoms. The third kappa shape index (κ3) is 6.97. The third-order valence-corrected chi connectivity index (χ3v) is 5.42. The molecule has 0 aromatic heterocycles. The quantitative estimate of drug-likeness (QED) is 0.608. The Labute approximate surface area is 188 Å². The molecule has 1 heterocycles. The minimum atomic E-state index is -1.00. The van der Waals surface area contributed by atoms with Gasteiger partial charge in [0.15, 0.2) is 5.60 Å². The smallest absolute Gasteiger partial charge is 0.320 e. The fraction of sp³-hybridized carbons (Fsp3) is 0.417. The number of nitrogens with zero attached hydrogens (tertiary/aromatic N) is 2. The lowest BCUT2D eigenvalue weighted by molar-refractivity contribution is -0.146. The standard InChI is InChI=1S/C24H29ClN2O4/c1-24(2,31-21-11-9-20(25)10-12-21)23(29)27-14-6-13-26(15-16-27)17-22(28)30-18-19-7-4-3-5-8-19/h3-5,7-12H,6,13-18H2,1-2H3. The lowest BCUT2D eigenvalue weighted by Gasteiger charge is -2.31. The molecule has 0 unspecified atom stereocenters. The second-order valence-corrected chi connectivity index (χ2v) is 8.57. The van der Waals surface area contributed by atoms with E-state index in [4.69, 9.17) is 21.1 Å². The molecule has 31 heavy (non-hydrogen) atoms. The van der Waals surface area contributed by atoms with Crippen molar-refractivity contribution in [2.45, 2.75) is 32.5 Å². The summed E-state index contributed by atoms with van der Waals surface area (Å²) in [4.78, 5) is 29.2. The first kappa shape index (κ1) is 23.1. The zero-order valence-corrected chi connectivity index (χ0v) is 18.8. The zero-order chi connectivity index (χ0) is 22.3. The number of halogens is 1. The Hall–Kier alpha value is -2.57. The summed E-state index contributed by atoms with van der Waals surface area (Å²) in [6.45, 7) is 6.56. The highest BCUT2D eigenvalue weighted by molar-refractivity contribution is 6.30. The molecule has 2 aromatic carbocycles. The van der Waals surface area contributed by atoms with Gasteiger partial charge in [-0.05, 0) is 50.1 Å². The number of hydrogen-bond acceptors (Lipinski definition) is 5. The number of carbonyl (C=O) groups is 2. The van der Waals surface area contributed by atoms with Gasteiger partial charge in [0.25, 0.3) is 5.91 Å². The maximum Gasteiger partial charge on any atom is 0.320 e. The van der Waals surface area contributed by atoms with Crippen LogP contribution < -0.4 is 4.74 Å². The molecule has 1 aliphatic heterocycles. The van der Waals surface area contributed by atoms with Crippen molar-refractivity contribution in [2.24, 2.45) is 0 Å². The molecule has 1 saturated heterocycles. The first-order valence-electron chi connectivity index (χ1n) is 10.5. The van der Waals surface area contributed by atoms with Gasteiger partial charge in [-0.25, -0.2) is 0 Å². The fourth-order valence-corrected chi connectivity index (χ4v) is 3.65. The predicted octanol–water partition coefficient (Wildman–Crippen LogP) is 3.78. The molecule has 3 rings (SSSR count). The van der Waals surface area contributed by atoms with Crippen molar-refractivity contribution in [1.29, 1.82) is 0 Å². The maximum absolute atomic E-state index is 13.1. The number of hydrogen-bond donors (Lipinski definition) is 0. The van der Waals surface area contributed by atoms with Crippen molar-refractivity contribution in [3.63, 3.8) is 0 Å². The van der Waals surface area contributed by atoms with Crippen molar-refractivity contribution in [1.82, 2.24) is 9.80 Å². The summed E-state index contributed by atoms with van der Waals surface area (Å²) < 4.78 is 11.3. The van der Waals surface area contributed by atoms with Crippen LogP contribution in [-0.2, 0) is 20.9 Å². The normalized spacial score (nSPS) is 15.3. The molecule has 0 atom stereocenters. The Bertz CT molecular complexity index is 871. The van der Waals surface area contributed by atoms with Crippen LogP contribution >= 0.6 is 11.6 Å². The van der Waals surface area contributed by atoms with Crippen LogP contribution in [-0.4, -0.2) is 60.0 Å². The van der Waals surface area contributed by atoms with E-state index in [2.05, 4.69) is 0 Å². The SMILES string of the molecule is CC(C)(Oc1ccc(Cl)cc1)C(=O)N1CCCN(CC(=O)OCc2ccccc2)CC1. The summed E-state index contributed by atoms with van der Waals surface area (Å²) in [5.74, 6) is 0.270. The van der Waals surface area contributed by atoms with Crippen LogP contribution in [0.4, 0.5) is 0 Å². The van der Waals surface area contributed by atoms with Crippen molar-refractivity contribution < 1.29 is 19.1 Å². The number of benzene rings is 2. The van der Waals surface area contributed by atoms with E-state index in [9.17, 15) is 9.59 Å². The number of esters is 1. The van der Waals surface area contributed by atoms with Gasteiger partial charge in [-0.2, -0.15) is 0 Å². The van der Waals surface area contributed by atoms with Crippen LogP contribution in [0.1, 0.15) is 25.8 Å². The average molecular weight is 445 g/mol. The highest BCUT2D eigenvalue weighted by atomic mass is 35.5. The number of amides is 1. The molecule has 0 bridgehead atoms. The Morgan fingerprint density at radius 1 is 0.968 bits per heavy atom. The summed E-state index contributed by atoms with van der Waals surface area (Å²) in [7, 11) is 0. The average Bonchev–Trinajstić information content (AvgIpc) is 2.99. The molecule has 2 aromatic rings. The van der Waals surface area contributed by atoms with Crippen LogP contribution in [0.5, 0.6) is 5.75 Å². The van der Waals surface area contributed by atoms with Gasteiger partial charge in [0, 0.05) is 31.2 Å². The largest absolute Gasteiger partial charge is 0.478 e. The van der Waals surface area contributed by atoms with Crippen LogP contribution in [0.15, 0.2) is 54.6 Å². The Balaban J connectivity index is 1.48. The van der Waals surface area contributed by atoms with Crippen LogP contribution in [0.25, 0.3) is 0 Å². The molecule has 0 N–H and O–H groups in total. The molecule has 0 aliphatic carbocycles. The first-order valence-corrected chi connectivity index (χ1v) is 10.9. The number of carbonyl (C=O) groups excluding carboxylic acids is 2. The van der Waals surface area contributed by atoms with E-state index >= 15 is 0 Å². The molecule has 1 aliphatic rings. The van der Waals surface area contributed by atoms with Crippen LogP contribution in [0.3, 0.4) is 0 Å². The van der Waals surface area contributed by atoms with Gasteiger partial charge < -0.3 is 14.4 Å². The van der Waals surface area contributed by atoms with Gasteiger partial charge in [0.05, 0.1) is 6.54 Å². The second-order valence-electron chi connectivity index (χ2n) is 8.13. The van der Waals surface area contributed by atoms with Gasteiger partial charge in [-0.1, -0.05) is 41.9 Å². The summed E-state index contributed by atoms with van der Waals surface area (Å²) >= 11 is 5.92. The Kier molecular flexibility index (Phi) is 7.93. The number of rotatable bonds is 7. The topological polar surface area (TPSA) is 59.1 Å². The van der Waals surface area contributed by atoms with E-state index in [1.165, 1.54) is 0 Å².